The van der Waals surface area contributed by atoms with Gasteiger partial charge in [-0.15, -0.1) is 0 Å². The van der Waals surface area contributed by atoms with E-state index in [1.807, 2.05) is 32.0 Å². The quantitative estimate of drug-likeness (QED) is 0.741. The molecule has 2 atom stereocenters. The first-order valence-corrected chi connectivity index (χ1v) is 6.80. The average molecular weight is 263 g/mol. The number of hydrogen-bond acceptors (Lipinski definition) is 4. The Morgan fingerprint density at radius 3 is 2.53 bits per heavy atom. The van der Waals surface area contributed by atoms with Gasteiger partial charge in [-0.2, -0.15) is 0 Å². The van der Waals surface area contributed by atoms with Gasteiger partial charge in [0.1, 0.15) is 0 Å². The zero-order valence-electron chi connectivity index (χ0n) is 11.5. The normalized spacial score (nSPS) is 22.5. The number of nitrogens with zero attached hydrogens (tertiary/aromatic N) is 1. The van der Waals surface area contributed by atoms with Gasteiger partial charge in [0.15, 0.2) is 18.8 Å². The summed E-state index contributed by atoms with van der Waals surface area (Å²) in [4.78, 5) is 4.39. The smallest absolute Gasteiger partial charge is 0.194 e. The van der Waals surface area contributed by atoms with E-state index in [2.05, 4.69) is 17.1 Å². The molecule has 4 heteroatoms. The van der Waals surface area contributed by atoms with E-state index in [4.69, 9.17) is 14.2 Å². The lowest BCUT2D eigenvalue weighted by Crippen LogP contribution is -2.37. The summed E-state index contributed by atoms with van der Waals surface area (Å²) in [5.41, 5.74) is 1.19. The lowest BCUT2D eigenvalue weighted by Gasteiger charge is -2.30. The summed E-state index contributed by atoms with van der Waals surface area (Å²) in [5.74, 6) is 0. The maximum Gasteiger partial charge on any atom is 0.194 e. The van der Waals surface area contributed by atoms with Crippen LogP contribution in [0.25, 0.3) is 0 Å². The van der Waals surface area contributed by atoms with Gasteiger partial charge < -0.3 is 14.2 Å². The number of ether oxygens (including phenoxy) is 3. The van der Waals surface area contributed by atoms with E-state index in [0.29, 0.717) is 13.2 Å². The summed E-state index contributed by atoms with van der Waals surface area (Å²) in [5, 5.41) is 0. The summed E-state index contributed by atoms with van der Waals surface area (Å²) < 4.78 is 16.7. The Bertz CT molecular complexity index is 388. The van der Waals surface area contributed by atoms with Crippen molar-refractivity contribution >= 4 is 6.40 Å². The fourth-order valence-electron chi connectivity index (χ4n) is 2.19. The molecule has 104 valence electrons. The molecule has 0 fully saturated rings. The molecule has 0 N–H and O–H groups in total. The molecular formula is C15H21NO3. The fraction of sp³-hybridized carbons (Fsp3) is 0.533. The van der Waals surface area contributed by atoms with Crippen LogP contribution in [0.3, 0.4) is 0 Å². The molecule has 0 aliphatic carbocycles. The van der Waals surface area contributed by atoms with Crippen molar-refractivity contribution in [3.63, 3.8) is 0 Å². The van der Waals surface area contributed by atoms with Crippen LogP contribution < -0.4 is 0 Å². The first-order valence-electron chi connectivity index (χ1n) is 6.80. The van der Waals surface area contributed by atoms with E-state index < -0.39 is 0 Å². The molecule has 1 aromatic rings. The highest BCUT2D eigenvalue weighted by Crippen LogP contribution is 2.28. The van der Waals surface area contributed by atoms with Gasteiger partial charge in [0, 0.05) is 19.6 Å². The Hall–Kier alpha value is -1.39. The third-order valence-corrected chi connectivity index (χ3v) is 3.08. The minimum Gasteiger partial charge on any atom is -0.475 e. The summed E-state index contributed by atoms with van der Waals surface area (Å²) in [7, 11) is 0. The monoisotopic (exact) mass is 263 g/mol. The zero-order valence-corrected chi connectivity index (χ0v) is 11.5. The molecule has 4 nitrogen and oxygen atoms in total. The van der Waals surface area contributed by atoms with Crippen LogP contribution in [0.5, 0.6) is 0 Å². The molecule has 2 rings (SSSR count). The van der Waals surface area contributed by atoms with Crippen LogP contribution in [-0.2, 0) is 14.2 Å². The van der Waals surface area contributed by atoms with E-state index in [0.717, 1.165) is 6.42 Å². The van der Waals surface area contributed by atoms with Crippen LogP contribution in [0.4, 0.5) is 0 Å². The predicted molar refractivity (Wildman–Crippen MR) is 74.2 cm³/mol. The van der Waals surface area contributed by atoms with Crippen molar-refractivity contribution in [3.8, 4) is 0 Å². The second-order valence-electron chi connectivity index (χ2n) is 4.37. The number of benzene rings is 1. The largest absolute Gasteiger partial charge is 0.475 e. The molecule has 0 saturated carbocycles. The van der Waals surface area contributed by atoms with Crippen LogP contribution in [0, 0.1) is 0 Å². The van der Waals surface area contributed by atoms with Crippen LogP contribution in [0.15, 0.2) is 35.3 Å². The van der Waals surface area contributed by atoms with Crippen molar-refractivity contribution < 1.29 is 14.2 Å². The Balaban J connectivity index is 2.03. The van der Waals surface area contributed by atoms with Gasteiger partial charge in [0.05, 0.1) is 6.04 Å². The van der Waals surface area contributed by atoms with Gasteiger partial charge in [0.25, 0.3) is 0 Å². The van der Waals surface area contributed by atoms with Crippen LogP contribution in [0.2, 0.25) is 0 Å². The van der Waals surface area contributed by atoms with E-state index in [1.165, 1.54) is 12.0 Å². The maximum absolute atomic E-state index is 5.60. The Labute approximate surface area is 114 Å². The highest BCUT2D eigenvalue weighted by Gasteiger charge is 2.29. The summed E-state index contributed by atoms with van der Waals surface area (Å²) in [6, 6.07) is 10.3. The van der Waals surface area contributed by atoms with Crippen molar-refractivity contribution in [1.29, 1.82) is 0 Å². The van der Waals surface area contributed by atoms with Crippen LogP contribution in [0.1, 0.15) is 31.9 Å². The minimum absolute atomic E-state index is 0.109. The molecule has 1 aliphatic heterocycles. The van der Waals surface area contributed by atoms with Crippen molar-refractivity contribution in [2.75, 3.05) is 13.2 Å². The molecule has 0 spiro atoms. The van der Waals surface area contributed by atoms with Crippen LogP contribution in [-0.4, -0.2) is 32.0 Å². The minimum atomic E-state index is -0.326. The Morgan fingerprint density at radius 2 is 1.89 bits per heavy atom. The summed E-state index contributed by atoms with van der Waals surface area (Å²) >= 11 is 0. The molecule has 0 amide bonds. The highest BCUT2D eigenvalue weighted by molar-refractivity contribution is 5.49. The van der Waals surface area contributed by atoms with Gasteiger partial charge >= 0.3 is 0 Å². The molecule has 1 aliphatic rings. The van der Waals surface area contributed by atoms with Gasteiger partial charge in [-0.25, -0.2) is 0 Å². The van der Waals surface area contributed by atoms with Gasteiger partial charge in [-0.3, -0.25) is 4.99 Å². The lowest BCUT2D eigenvalue weighted by molar-refractivity contribution is -0.188. The molecule has 19 heavy (non-hydrogen) atoms. The third-order valence-electron chi connectivity index (χ3n) is 3.08. The third kappa shape index (κ3) is 3.78. The second kappa shape index (κ2) is 7.26. The topological polar surface area (TPSA) is 40.0 Å². The molecular weight excluding hydrogens is 242 g/mol. The fourth-order valence-corrected chi connectivity index (χ4v) is 2.19. The number of aliphatic imine (C=N–C) groups is 1. The Kier molecular flexibility index (Phi) is 5.36. The molecule has 0 aromatic heterocycles. The summed E-state index contributed by atoms with van der Waals surface area (Å²) in [6.07, 6.45) is 1.86. The van der Waals surface area contributed by atoms with Crippen molar-refractivity contribution in [1.82, 2.24) is 0 Å². The molecule has 0 saturated heterocycles. The number of rotatable bonds is 6. The molecule has 2 unspecified atom stereocenters. The predicted octanol–water partition coefficient (Wildman–Crippen LogP) is 2.94. The van der Waals surface area contributed by atoms with E-state index in [-0.39, 0.29) is 18.4 Å². The maximum atomic E-state index is 5.60. The van der Waals surface area contributed by atoms with Gasteiger partial charge in [-0.1, -0.05) is 30.3 Å². The van der Waals surface area contributed by atoms with Crippen molar-refractivity contribution in [2.45, 2.75) is 38.7 Å². The molecule has 0 bridgehead atoms. The molecule has 1 aromatic carbocycles. The molecule has 0 radical (unpaired) electrons. The van der Waals surface area contributed by atoms with Gasteiger partial charge in [-0.05, 0) is 19.4 Å². The number of hydrogen-bond donors (Lipinski definition) is 0. The first kappa shape index (κ1) is 14.0. The standard InChI is InChI=1S/C15H21NO3/c1-3-17-15(18-4-2)14-10-13(16-11-19-14)12-8-6-5-7-9-12/h5-9,11,13-15H,3-4,10H2,1-2H3. The molecule has 1 heterocycles. The second-order valence-corrected chi connectivity index (χ2v) is 4.37. The van der Waals surface area contributed by atoms with E-state index >= 15 is 0 Å². The van der Waals surface area contributed by atoms with Gasteiger partial charge in [0.2, 0.25) is 0 Å². The van der Waals surface area contributed by atoms with E-state index in [1.54, 1.807) is 0 Å². The van der Waals surface area contributed by atoms with E-state index in [9.17, 15) is 0 Å². The zero-order chi connectivity index (χ0) is 13.5. The van der Waals surface area contributed by atoms with Crippen LogP contribution >= 0.6 is 0 Å². The highest BCUT2D eigenvalue weighted by atomic mass is 16.7. The SMILES string of the molecule is CCOC(OCC)C1CC(c2ccccc2)N=CO1. The Morgan fingerprint density at radius 1 is 1.21 bits per heavy atom. The van der Waals surface area contributed by atoms with Crippen molar-refractivity contribution in [3.05, 3.63) is 35.9 Å². The lowest BCUT2D eigenvalue weighted by atomic mass is 10.00. The summed E-state index contributed by atoms with van der Waals surface area (Å²) in [6.45, 7) is 5.13. The first-order chi connectivity index (χ1) is 9.35. The van der Waals surface area contributed by atoms with Crippen molar-refractivity contribution in [2.24, 2.45) is 4.99 Å². The average Bonchev–Trinajstić information content (AvgIpc) is 2.48.